The SMILES string of the molecule is CCCC(CC(=O)O)n1nnnc1-c1cc(Cl)cc(Cl)c1. The van der Waals surface area contributed by atoms with Crippen molar-refractivity contribution in [2.24, 2.45) is 0 Å². The molecule has 1 N–H and O–H groups in total. The molecule has 0 spiro atoms. The molecule has 6 nitrogen and oxygen atoms in total. The minimum absolute atomic E-state index is 0.0415. The number of aromatic nitrogens is 4. The Balaban J connectivity index is 2.42. The van der Waals surface area contributed by atoms with Gasteiger partial charge in [0.1, 0.15) is 0 Å². The van der Waals surface area contributed by atoms with E-state index in [1.807, 2.05) is 6.92 Å². The highest BCUT2D eigenvalue weighted by Gasteiger charge is 2.21. The molecule has 1 aromatic heterocycles. The van der Waals surface area contributed by atoms with Crippen molar-refractivity contribution in [1.29, 1.82) is 0 Å². The number of rotatable bonds is 6. The van der Waals surface area contributed by atoms with E-state index in [0.29, 0.717) is 27.9 Å². The van der Waals surface area contributed by atoms with Crippen molar-refractivity contribution in [3.05, 3.63) is 28.2 Å². The van der Waals surface area contributed by atoms with E-state index in [9.17, 15) is 4.79 Å². The van der Waals surface area contributed by atoms with Crippen LogP contribution >= 0.6 is 23.2 Å². The Kier molecular flexibility index (Phi) is 5.14. The average molecular weight is 329 g/mol. The molecule has 21 heavy (non-hydrogen) atoms. The van der Waals surface area contributed by atoms with Gasteiger partial charge in [-0.3, -0.25) is 4.79 Å². The fraction of sp³-hybridized carbons (Fsp3) is 0.385. The number of carboxylic acids is 1. The first-order valence-electron chi connectivity index (χ1n) is 6.47. The fourth-order valence-electron chi connectivity index (χ4n) is 2.16. The summed E-state index contributed by atoms with van der Waals surface area (Å²) in [5, 5.41) is 21.5. The number of tetrazole rings is 1. The van der Waals surface area contributed by atoms with E-state index in [1.165, 1.54) is 4.68 Å². The molecule has 112 valence electrons. The molecule has 2 aromatic rings. The van der Waals surface area contributed by atoms with Crippen molar-refractivity contribution in [2.45, 2.75) is 32.2 Å². The van der Waals surface area contributed by atoms with E-state index in [2.05, 4.69) is 15.5 Å². The molecule has 0 aliphatic rings. The van der Waals surface area contributed by atoms with Crippen LogP contribution in [-0.4, -0.2) is 31.3 Å². The summed E-state index contributed by atoms with van der Waals surface area (Å²) < 4.78 is 1.53. The lowest BCUT2D eigenvalue weighted by molar-refractivity contribution is -0.138. The number of hydrogen-bond donors (Lipinski definition) is 1. The summed E-state index contributed by atoms with van der Waals surface area (Å²) in [5.74, 6) is -0.432. The molecule has 0 bridgehead atoms. The predicted octanol–water partition coefficient (Wildman–Crippen LogP) is 3.46. The molecule has 1 unspecified atom stereocenters. The summed E-state index contributed by atoms with van der Waals surface area (Å²) >= 11 is 12.0. The van der Waals surface area contributed by atoms with Crippen LogP contribution in [0.25, 0.3) is 11.4 Å². The molecule has 1 heterocycles. The van der Waals surface area contributed by atoms with E-state index in [-0.39, 0.29) is 12.5 Å². The number of carboxylic acid groups (broad SMARTS) is 1. The number of halogens is 2. The second-order valence-corrected chi connectivity index (χ2v) is 5.52. The van der Waals surface area contributed by atoms with Crippen LogP contribution in [0.2, 0.25) is 10.0 Å². The maximum absolute atomic E-state index is 11.0. The van der Waals surface area contributed by atoms with E-state index in [0.717, 1.165) is 6.42 Å². The van der Waals surface area contributed by atoms with Gasteiger partial charge in [0.2, 0.25) is 0 Å². The van der Waals surface area contributed by atoms with Gasteiger partial charge in [0, 0.05) is 15.6 Å². The number of aliphatic carboxylic acids is 1. The molecular weight excluding hydrogens is 315 g/mol. The van der Waals surface area contributed by atoms with Gasteiger partial charge in [-0.05, 0) is 35.0 Å². The summed E-state index contributed by atoms with van der Waals surface area (Å²) in [4.78, 5) is 11.0. The summed E-state index contributed by atoms with van der Waals surface area (Å²) in [6.45, 7) is 1.98. The van der Waals surface area contributed by atoms with Gasteiger partial charge in [0.05, 0.1) is 12.5 Å². The highest BCUT2D eigenvalue weighted by atomic mass is 35.5. The molecule has 0 aliphatic carbocycles. The van der Waals surface area contributed by atoms with Gasteiger partial charge in [0.25, 0.3) is 0 Å². The molecule has 0 saturated heterocycles. The van der Waals surface area contributed by atoms with Gasteiger partial charge >= 0.3 is 5.97 Å². The van der Waals surface area contributed by atoms with Crippen LogP contribution in [0, 0.1) is 0 Å². The topological polar surface area (TPSA) is 80.9 Å². The van der Waals surface area contributed by atoms with Crippen molar-refractivity contribution in [3.63, 3.8) is 0 Å². The summed E-state index contributed by atoms with van der Waals surface area (Å²) in [6.07, 6.45) is 1.45. The summed E-state index contributed by atoms with van der Waals surface area (Å²) in [7, 11) is 0. The molecule has 8 heteroatoms. The van der Waals surface area contributed by atoms with E-state index < -0.39 is 5.97 Å². The van der Waals surface area contributed by atoms with Crippen molar-refractivity contribution < 1.29 is 9.90 Å². The molecule has 0 radical (unpaired) electrons. The molecule has 0 aliphatic heterocycles. The number of benzene rings is 1. The number of nitrogens with zero attached hydrogens (tertiary/aromatic N) is 4. The predicted molar refractivity (Wildman–Crippen MR) is 79.5 cm³/mol. The minimum Gasteiger partial charge on any atom is -0.481 e. The maximum atomic E-state index is 11.0. The Labute approximate surface area is 131 Å². The zero-order chi connectivity index (χ0) is 15.4. The number of hydrogen-bond acceptors (Lipinski definition) is 4. The summed E-state index contributed by atoms with van der Waals surface area (Å²) in [5.41, 5.74) is 0.656. The number of carbonyl (C=O) groups is 1. The molecule has 0 saturated carbocycles. The Bertz CT molecular complexity index is 625. The van der Waals surface area contributed by atoms with Crippen molar-refractivity contribution in [2.75, 3.05) is 0 Å². The van der Waals surface area contributed by atoms with E-state index in [4.69, 9.17) is 28.3 Å². The van der Waals surface area contributed by atoms with Crippen LogP contribution in [0.3, 0.4) is 0 Å². The van der Waals surface area contributed by atoms with Crippen LogP contribution < -0.4 is 0 Å². The van der Waals surface area contributed by atoms with Gasteiger partial charge in [-0.15, -0.1) is 5.10 Å². The first kappa shape index (κ1) is 15.7. The third-order valence-electron chi connectivity index (χ3n) is 2.99. The average Bonchev–Trinajstić information content (AvgIpc) is 2.85. The lowest BCUT2D eigenvalue weighted by Crippen LogP contribution is -2.16. The standard InChI is InChI=1S/C13H14Cl2N4O2/c1-2-3-11(7-12(20)21)19-13(16-17-18-19)8-4-9(14)6-10(15)5-8/h4-6,11H,2-3,7H2,1H3,(H,20,21). The van der Waals surface area contributed by atoms with E-state index >= 15 is 0 Å². The Hall–Kier alpha value is -1.66. The zero-order valence-corrected chi connectivity index (χ0v) is 12.8. The fourth-order valence-corrected chi connectivity index (χ4v) is 2.68. The molecule has 0 amide bonds. The second kappa shape index (κ2) is 6.87. The van der Waals surface area contributed by atoms with Gasteiger partial charge in [0.15, 0.2) is 5.82 Å². The lowest BCUT2D eigenvalue weighted by atomic mass is 10.1. The van der Waals surface area contributed by atoms with Gasteiger partial charge < -0.3 is 5.11 Å². The minimum atomic E-state index is -0.890. The van der Waals surface area contributed by atoms with Gasteiger partial charge in [-0.1, -0.05) is 36.5 Å². The highest BCUT2D eigenvalue weighted by Crippen LogP contribution is 2.28. The normalized spacial score (nSPS) is 12.3. The van der Waals surface area contributed by atoms with Crippen LogP contribution in [0.5, 0.6) is 0 Å². The first-order chi connectivity index (χ1) is 10.0. The molecule has 1 aromatic carbocycles. The monoisotopic (exact) mass is 328 g/mol. The third-order valence-corrected chi connectivity index (χ3v) is 3.43. The Morgan fingerprint density at radius 3 is 2.57 bits per heavy atom. The van der Waals surface area contributed by atoms with Crippen LogP contribution in [-0.2, 0) is 4.79 Å². The van der Waals surface area contributed by atoms with Gasteiger partial charge in [-0.2, -0.15) is 0 Å². The largest absolute Gasteiger partial charge is 0.481 e. The van der Waals surface area contributed by atoms with Crippen molar-refractivity contribution in [3.8, 4) is 11.4 Å². The third kappa shape index (κ3) is 3.92. The van der Waals surface area contributed by atoms with Crippen molar-refractivity contribution >= 4 is 29.2 Å². The maximum Gasteiger partial charge on any atom is 0.305 e. The Morgan fingerprint density at radius 2 is 2.00 bits per heavy atom. The van der Waals surface area contributed by atoms with Gasteiger partial charge in [-0.25, -0.2) is 4.68 Å². The Morgan fingerprint density at radius 1 is 1.33 bits per heavy atom. The van der Waals surface area contributed by atoms with Crippen LogP contribution in [0.15, 0.2) is 18.2 Å². The molecular formula is C13H14Cl2N4O2. The molecule has 1 atom stereocenters. The molecule has 2 rings (SSSR count). The second-order valence-electron chi connectivity index (χ2n) is 4.65. The zero-order valence-electron chi connectivity index (χ0n) is 11.3. The quantitative estimate of drug-likeness (QED) is 0.878. The van der Waals surface area contributed by atoms with Crippen LogP contribution in [0.4, 0.5) is 0 Å². The smallest absolute Gasteiger partial charge is 0.305 e. The highest BCUT2D eigenvalue weighted by molar-refractivity contribution is 6.35. The first-order valence-corrected chi connectivity index (χ1v) is 7.23. The van der Waals surface area contributed by atoms with Crippen molar-refractivity contribution in [1.82, 2.24) is 20.2 Å². The lowest BCUT2D eigenvalue weighted by Gasteiger charge is -2.15. The van der Waals surface area contributed by atoms with Crippen LogP contribution in [0.1, 0.15) is 32.2 Å². The molecule has 0 fully saturated rings. The summed E-state index contributed by atoms with van der Waals surface area (Å²) in [6, 6.07) is 4.69. The van der Waals surface area contributed by atoms with E-state index in [1.54, 1.807) is 18.2 Å².